The molecular weight excluding hydrogens is 468 g/mol. The van der Waals surface area contributed by atoms with Gasteiger partial charge in [-0.2, -0.15) is 0 Å². The maximum absolute atomic E-state index is 14.2. The average molecular weight is 511 g/mol. The number of nitrogens with one attached hydrogen (secondary N) is 1. The molecule has 2 aromatic rings. The second-order valence-corrected chi connectivity index (χ2v) is 10.7. The molecule has 2 unspecified atom stereocenters. The number of amides is 2. The van der Waals surface area contributed by atoms with Crippen LogP contribution in [0.4, 0.5) is 0 Å². The Balaban J connectivity index is 1.60. The van der Waals surface area contributed by atoms with Gasteiger partial charge in [0, 0.05) is 58.4 Å². The molecule has 0 spiro atoms. The molecular formula is C28H42N6O3. The van der Waals surface area contributed by atoms with Crippen LogP contribution in [0.5, 0.6) is 0 Å². The van der Waals surface area contributed by atoms with Crippen LogP contribution in [0, 0.1) is 5.92 Å². The molecule has 37 heavy (non-hydrogen) atoms. The van der Waals surface area contributed by atoms with E-state index in [1.54, 1.807) is 7.11 Å². The lowest BCUT2D eigenvalue weighted by Gasteiger charge is -2.43. The highest BCUT2D eigenvalue weighted by molar-refractivity contribution is 5.93. The van der Waals surface area contributed by atoms with Gasteiger partial charge in [0.25, 0.3) is 5.91 Å². The van der Waals surface area contributed by atoms with Gasteiger partial charge >= 0.3 is 0 Å². The fourth-order valence-corrected chi connectivity index (χ4v) is 5.52. The number of para-hydroxylation sites is 1. The molecule has 1 aromatic heterocycles. The Kier molecular flexibility index (Phi) is 9.68. The fraction of sp³-hybridized carbons (Fsp3) is 0.643. The van der Waals surface area contributed by atoms with Crippen molar-refractivity contribution in [2.75, 3.05) is 39.9 Å². The standard InChI is InChI=1S/C28H42N6O3/c1-21(2)20-33(24-17-23(18-29-19-24)32-15-9-7-14-26(32)35)28(36)27-25(13-8-10-16-37-3)34(31-30-27)22-11-5-4-6-12-22/h4-6,11-12,21,23-24,29H,7-10,13-20H2,1-3H3. The van der Waals surface area contributed by atoms with Gasteiger partial charge in [0.2, 0.25) is 5.91 Å². The number of methoxy groups -OCH3 is 1. The van der Waals surface area contributed by atoms with Gasteiger partial charge < -0.3 is 19.9 Å². The molecule has 0 saturated carbocycles. The normalized spacial score (nSPS) is 20.4. The molecule has 2 aliphatic heterocycles. The molecule has 9 heteroatoms. The van der Waals surface area contributed by atoms with Gasteiger partial charge in [0.15, 0.2) is 5.69 Å². The minimum absolute atomic E-state index is 0.00778. The average Bonchev–Trinajstić information content (AvgIpc) is 3.34. The van der Waals surface area contributed by atoms with Gasteiger partial charge in [0.1, 0.15) is 0 Å². The molecule has 2 atom stereocenters. The first-order valence-corrected chi connectivity index (χ1v) is 13.8. The number of carbonyl (C=O) groups excluding carboxylic acids is 2. The van der Waals surface area contributed by atoms with Gasteiger partial charge in [-0.1, -0.05) is 37.3 Å². The molecule has 3 heterocycles. The minimum Gasteiger partial charge on any atom is -0.385 e. The summed E-state index contributed by atoms with van der Waals surface area (Å²) in [7, 11) is 1.71. The van der Waals surface area contributed by atoms with E-state index in [4.69, 9.17) is 4.74 Å². The quantitative estimate of drug-likeness (QED) is 0.467. The highest BCUT2D eigenvalue weighted by Gasteiger charge is 2.36. The van der Waals surface area contributed by atoms with Gasteiger partial charge in [-0.15, -0.1) is 5.10 Å². The molecule has 1 N–H and O–H groups in total. The highest BCUT2D eigenvalue weighted by atomic mass is 16.5. The van der Waals surface area contributed by atoms with Crippen molar-refractivity contribution in [1.82, 2.24) is 30.1 Å². The number of rotatable bonds is 11. The van der Waals surface area contributed by atoms with Gasteiger partial charge in [-0.25, -0.2) is 4.68 Å². The van der Waals surface area contributed by atoms with E-state index >= 15 is 0 Å². The summed E-state index contributed by atoms with van der Waals surface area (Å²) in [6.07, 6.45) is 5.91. The summed E-state index contributed by atoms with van der Waals surface area (Å²) in [4.78, 5) is 30.8. The third-order valence-corrected chi connectivity index (χ3v) is 7.35. The van der Waals surface area contributed by atoms with Crippen LogP contribution >= 0.6 is 0 Å². The Morgan fingerprint density at radius 2 is 2.00 bits per heavy atom. The van der Waals surface area contributed by atoms with Crippen LogP contribution < -0.4 is 5.32 Å². The van der Waals surface area contributed by atoms with E-state index in [-0.39, 0.29) is 23.9 Å². The molecule has 9 nitrogen and oxygen atoms in total. The van der Waals surface area contributed by atoms with Crippen LogP contribution in [0.3, 0.4) is 0 Å². The largest absolute Gasteiger partial charge is 0.385 e. The molecule has 0 bridgehead atoms. The Hall–Kier alpha value is -2.78. The lowest BCUT2D eigenvalue weighted by Crippen LogP contribution is -2.59. The van der Waals surface area contributed by atoms with Crippen LogP contribution in [-0.4, -0.2) is 88.6 Å². The summed E-state index contributed by atoms with van der Waals surface area (Å²) in [6, 6.07) is 9.97. The first kappa shape index (κ1) is 27.3. The lowest BCUT2D eigenvalue weighted by molar-refractivity contribution is -0.136. The molecule has 0 aliphatic carbocycles. The maximum Gasteiger partial charge on any atom is 0.276 e. The molecule has 2 amide bonds. The van der Waals surface area contributed by atoms with Crippen LogP contribution in [0.25, 0.3) is 5.69 Å². The Morgan fingerprint density at radius 3 is 2.73 bits per heavy atom. The number of aromatic nitrogens is 3. The number of piperidine rings is 2. The zero-order valence-corrected chi connectivity index (χ0v) is 22.6. The predicted octanol–water partition coefficient (Wildman–Crippen LogP) is 3.08. The zero-order chi connectivity index (χ0) is 26.2. The molecule has 2 fully saturated rings. The van der Waals surface area contributed by atoms with Crippen molar-refractivity contribution >= 4 is 11.8 Å². The number of carbonyl (C=O) groups is 2. The maximum atomic E-state index is 14.2. The predicted molar refractivity (Wildman–Crippen MR) is 143 cm³/mol. The summed E-state index contributed by atoms with van der Waals surface area (Å²) in [6.45, 7) is 7.89. The van der Waals surface area contributed by atoms with Gasteiger partial charge in [-0.05, 0) is 56.6 Å². The van der Waals surface area contributed by atoms with E-state index in [1.807, 2.05) is 44.8 Å². The van der Waals surface area contributed by atoms with Crippen molar-refractivity contribution < 1.29 is 14.3 Å². The van der Waals surface area contributed by atoms with Crippen LogP contribution in [0.2, 0.25) is 0 Å². The molecule has 1 aromatic carbocycles. The van der Waals surface area contributed by atoms with Crippen LogP contribution in [-0.2, 0) is 16.0 Å². The second-order valence-electron chi connectivity index (χ2n) is 10.7. The number of ether oxygens (including phenoxy) is 1. The van der Waals surface area contributed by atoms with E-state index in [9.17, 15) is 9.59 Å². The van der Waals surface area contributed by atoms with E-state index in [1.165, 1.54) is 0 Å². The third-order valence-electron chi connectivity index (χ3n) is 7.35. The SMILES string of the molecule is COCCCCc1c(C(=O)N(CC(C)C)C2CNCC(N3CCCCC3=O)C2)nnn1-c1ccccc1. The summed E-state index contributed by atoms with van der Waals surface area (Å²) in [5, 5.41) is 12.4. The van der Waals surface area contributed by atoms with Crippen molar-refractivity contribution in [3.63, 3.8) is 0 Å². The van der Waals surface area contributed by atoms with Crippen molar-refractivity contribution in [2.45, 2.75) is 70.9 Å². The van der Waals surface area contributed by atoms with Crippen molar-refractivity contribution in [2.24, 2.45) is 5.92 Å². The molecule has 2 saturated heterocycles. The van der Waals surface area contributed by atoms with Crippen LogP contribution in [0.15, 0.2) is 30.3 Å². The van der Waals surface area contributed by atoms with Crippen LogP contribution in [0.1, 0.15) is 68.6 Å². The first-order valence-electron chi connectivity index (χ1n) is 13.8. The van der Waals surface area contributed by atoms with E-state index in [0.717, 1.165) is 56.6 Å². The van der Waals surface area contributed by atoms with Gasteiger partial charge in [0.05, 0.1) is 11.4 Å². The van der Waals surface area contributed by atoms with Gasteiger partial charge in [-0.3, -0.25) is 9.59 Å². The van der Waals surface area contributed by atoms with E-state index < -0.39 is 0 Å². The third kappa shape index (κ3) is 6.76. The first-order chi connectivity index (χ1) is 18.0. The Labute approximate surface area is 220 Å². The number of likely N-dealkylation sites (tertiary alicyclic amines) is 1. The summed E-state index contributed by atoms with van der Waals surface area (Å²) >= 11 is 0. The molecule has 2 aliphatic rings. The highest BCUT2D eigenvalue weighted by Crippen LogP contribution is 2.24. The number of hydrogen-bond donors (Lipinski definition) is 1. The molecule has 202 valence electrons. The topological polar surface area (TPSA) is 92.6 Å². The number of hydrogen-bond acceptors (Lipinski definition) is 6. The summed E-state index contributed by atoms with van der Waals surface area (Å²) in [5.74, 6) is 0.467. The lowest BCUT2D eigenvalue weighted by atomic mass is 9.96. The molecule has 0 radical (unpaired) electrons. The van der Waals surface area contributed by atoms with Crippen molar-refractivity contribution in [1.29, 1.82) is 0 Å². The smallest absolute Gasteiger partial charge is 0.276 e. The zero-order valence-electron chi connectivity index (χ0n) is 22.6. The van der Waals surface area contributed by atoms with E-state index in [0.29, 0.717) is 44.1 Å². The molecule has 4 rings (SSSR count). The minimum atomic E-state index is -0.0740. The number of unbranched alkanes of at least 4 members (excludes halogenated alkanes) is 1. The number of nitrogens with zero attached hydrogens (tertiary/aromatic N) is 5. The Bertz CT molecular complexity index is 1020. The van der Waals surface area contributed by atoms with Crippen molar-refractivity contribution in [3.8, 4) is 5.69 Å². The monoisotopic (exact) mass is 510 g/mol. The number of benzene rings is 1. The van der Waals surface area contributed by atoms with E-state index in [2.05, 4.69) is 29.5 Å². The fourth-order valence-electron chi connectivity index (χ4n) is 5.52. The second kappa shape index (κ2) is 13.1. The van der Waals surface area contributed by atoms with Crippen molar-refractivity contribution in [3.05, 3.63) is 41.7 Å². The summed E-state index contributed by atoms with van der Waals surface area (Å²) in [5.41, 5.74) is 2.17. The summed E-state index contributed by atoms with van der Waals surface area (Å²) < 4.78 is 7.04. The Morgan fingerprint density at radius 1 is 1.19 bits per heavy atom.